The summed E-state index contributed by atoms with van der Waals surface area (Å²) in [6, 6.07) is 16.1. The number of fused-ring (bicyclic) bond motifs is 1. The number of benzene rings is 2. The van der Waals surface area contributed by atoms with E-state index in [2.05, 4.69) is 37.4 Å². The first-order valence-electron chi connectivity index (χ1n) is 14.7. The monoisotopic (exact) mass is 610 g/mol. The minimum Gasteiger partial charge on any atom is -0.364 e. The van der Waals surface area contributed by atoms with Gasteiger partial charge in [0.05, 0.1) is 12.2 Å². The van der Waals surface area contributed by atoms with Gasteiger partial charge in [-0.25, -0.2) is 23.6 Å². The molecule has 2 unspecified atom stereocenters. The maximum absolute atomic E-state index is 15.2. The second-order valence-electron chi connectivity index (χ2n) is 11.2. The Labute approximate surface area is 255 Å². The van der Waals surface area contributed by atoms with Crippen molar-refractivity contribution in [2.45, 2.75) is 48.2 Å². The standard InChI is InChI=1S/C32H31FN8O2S/c1-20-15-34-11-12-40(20)28-10-9-24(14-27(28)33)38-32-36-17-22-13-26(21-7-8-21)31(42)41(29(22)39-32)18-23-16-35-19-37-30(23)44(43)25-5-3-2-4-6-25/h2-6,9-10,13-14,16-17,19-21,34H,7-8,11-12,15,18H2,1H3,(H,36,38,39). The molecule has 2 atom stereocenters. The van der Waals surface area contributed by atoms with Crippen molar-refractivity contribution in [1.29, 1.82) is 0 Å². The van der Waals surface area contributed by atoms with Crippen LogP contribution in [0.5, 0.6) is 0 Å². The number of nitrogens with zero attached hydrogens (tertiary/aromatic N) is 6. The summed E-state index contributed by atoms with van der Waals surface area (Å²) < 4.78 is 30.3. The molecular weight excluding hydrogens is 579 g/mol. The van der Waals surface area contributed by atoms with E-state index in [9.17, 15) is 9.00 Å². The number of halogens is 1. The fourth-order valence-corrected chi connectivity index (χ4v) is 6.80. The van der Waals surface area contributed by atoms with Gasteiger partial charge in [0.15, 0.2) is 0 Å². The molecule has 3 aromatic heterocycles. The third-order valence-electron chi connectivity index (χ3n) is 8.09. The molecular formula is C32H31FN8O2S. The van der Waals surface area contributed by atoms with Crippen LogP contribution in [-0.4, -0.2) is 54.4 Å². The fourth-order valence-electron chi connectivity index (χ4n) is 5.67. The molecule has 2 aliphatic rings. The van der Waals surface area contributed by atoms with Crippen LogP contribution in [0.15, 0.2) is 88.0 Å². The predicted molar refractivity (Wildman–Crippen MR) is 167 cm³/mol. The molecule has 10 nitrogen and oxygen atoms in total. The number of hydrogen-bond donors (Lipinski definition) is 2. The Morgan fingerprint density at radius 1 is 1.09 bits per heavy atom. The van der Waals surface area contributed by atoms with Crippen LogP contribution >= 0.6 is 0 Å². The average Bonchev–Trinajstić information content (AvgIpc) is 3.89. The van der Waals surface area contributed by atoms with Gasteiger partial charge in [0, 0.05) is 65.2 Å². The zero-order chi connectivity index (χ0) is 30.2. The van der Waals surface area contributed by atoms with E-state index in [0.29, 0.717) is 43.5 Å². The summed E-state index contributed by atoms with van der Waals surface area (Å²) in [7, 11) is -1.57. The normalized spacial score (nSPS) is 17.5. The molecule has 1 aliphatic carbocycles. The Morgan fingerprint density at radius 2 is 1.93 bits per heavy atom. The molecule has 4 heterocycles. The first-order chi connectivity index (χ1) is 21.5. The summed E-state index contributed by atoms with van der Waals surface area (Å²) in [5.41, 5.74) is 2.56. The van der Waals surface area contributed by atoms with E-state index in [1.165, 1.54) is 12.4 Å². The third-order valence-corrected chi connectivity index (χ3v) is 9.51. The van der Waals surface area contributed by atoms with E-state index in [1.54, 1.807) is 41.2 Å². The molecule has 44 heavy (non-hydrogen) atoms. The third kappa shape index (κ3) is 5.58. The zero-order valence-corrected chi connectivity index (χ0v) is 24.9. The molecule has 2 N–H and O–H groups in total. The highest BCUT2D eigenvalue weighted by atomic mass is 32.2. The van der Waals surface area contributed by atoms with E-state index < -0.39 is 10.8 Å². The Bertz CT molecular complexity index is 1930. The van der Waals surface area contributed by atoms with Crippen molar-refractivity contribution in [2.75, 3.05) is 29.9 Å². The van der Waals surface area contributed by atoms with Crippen molar-refractivity contribution < 1.29 is 8.60 Å². The minimum absolute atomic E-state index is 0.0767. The van der Waals surface area contributed by atoms with Crippen LogP contribution in [0.1, 0.15) is 36.8 Å². The lowest BCUT2D eigenvalue weighted by molar-refractivity contribution is 0.491. The molecule has 1 aliphatic heterocycles. The van der Waals surface area contributed by atoms with Crippen molar-refractivity contribution >= 4 is 39.2 Å². The molecule has 224 valence electrons. The second-order valence-corrected chi connectivity index (χ2v) is 12.6. The molecule has 2 aromatic carbocycles. The first kappa shape index (κ1) is 28.2. The lowest BCUT2D eigenvalue weighted by Crippen LogP contribution is -2.50. The van der Waals surface area contributed by atoms with Crippen LogP contribution in [0.4, 0.5) is 21.7 Å². The maximum atomic E-state index is 15.2. The second kappa shape index (κ2) is 11.9. The lowest BCUT2D eigenvalue weighted by atomic mass is 10.1. The molecule has 0 radical (unpaired) electrons. The smallest absolute Gasteiger partial charge is 0.256 e. The van der Waals surface area contributed by atoms with E-state index in [1.807, 2.05) is 24.3 Å². The number of anilines is 3. The van der Waals surface area contributed by atoms with Crippen LogP contribution in [0.25, 0.3) is 11.0 Å². The van der Waals surface area contributed by atoms with Crippen molar-refractivity contribution in [3.63, 3.8) is 0 Å². The molecule has 0 bridgehead atoms. The number of aromatic nitrogens is 5. The van der Waals surface area contributed by atoms with Gasteiger partial charge in [-0.15, -0.1) is 0 Å². The van der Waals surface area contributed by atoms with Gasteiger partial charge in [-0.05, 0) is 62.1 Å². The van der Waals surface area contributed by atoms with Crippen LogP contribution < -0.4 is 21.1 Å². The average molecular weight is 611 g/mol. The van der Waals surface area contributed by atoms with E-state index >= 15 is 4.39 Å². The summed E-state index contributed by atoms with van der Waals surface area (Å²) in [6.45, 7) is 4.48. The highest BCUT2D eigenvalue weighted by Gasteiger charge is 2.29. The molecule has 0 amide bonds. The largest absolute Gasteiger partial charge is 0.364 e. The Kier molecular flexibility index (Phi) is 7.61. The molecule has 0 spiro atoms. The van der Waals surface area contributed by atoms with Crippen molar-refractivity contribution in [2.24, 2.45) is 0 Å². The van der Waals surface area contributed by atoms with Crippen LogP contribution in [0.3, 0.4) is 0 Å². The summed E-state index contributed by atoms with van der Waals surface area (Å²) in [5.74, 6) is 0.0873. The number of hydrogen-bond acceptors (Lipinski definition) is 9. The van der Waals surface area contributed by atoms with Gasteiger partial charge in [-0.2, -0.15) is 4.98 Å². The SMILES string of the molecule is CC1CNCCN1c1ccc(Nc2ncc3cc(C4CC4)c(=O)n(Cc4cncnc4S(=O)c4ccccc4)c3n2)cc1F. The fraction of sp³-hybridized carbons (Fsp3) is 0.281. The molecule has 5 aromatic rings. The summed E-state index contributed by atoms with van der Waals surface area (Å²) in [6.07, 6.45) is 6.53. The summed E-state index contributed by atoms with van der Waals surface area (Å²) in [5, 5.41) is 7.47. The summed E-state index contributed by atoms with van der Waals surface area (Å²) in [4.78, 5) is 34.2. The first-order valence-corrected chi connectivity index (χ1v) is 15.8. The van der Waals surface area contributed by atoms with Crippen LogP contribution in [-0.2, 0) is 17.3 Å². The van der Waals surface area contributed by atoms with Gasteiger partial charge in [0.1, 0.15) is 33.6 Å². The number of nitrogens with one attached hydrogen (secondary N) is 2. The van der Waals surface area contributed by atoms with Gasteiger partial charge in [0.25, 0.3) is 5.56 Å². The lowest BCUT2D eigenvalue weighted by Gasteiger charge is -2.36. The van der Waals surface area contributed by atoms with Crippen LogP contribution in [0.2, 0.25) is 0 Å². The van der Waals surface area contributed by atoms with Crippen LogP contribution in [0, 0.1) is 5.82 Å². The van der Waals surface area contributed by atoms with Crippen molar-refractivity contribution in [3.8, 4) is 0 Å². The zero-order valence-electron chi connectivity index (χ0n) is 24.1. The van der Waals surface area contributed by atoms with Gasteiger partial charge in [0.2, 0.25) is 5.95 Å². The quantitative estimate of drug-likeness (QED) is 0.247. The van der Waals surface area contributed by atoms with Crippen molar-refractivity contribution in [3.05, 3.63) is 101 Å². The number of piperazine rings is 1. The minimum atomic E-state index is -1.57. The Balaban J connectivity index is 1.25. The van der Waals surface area contributed by atoms with Gasteiger partial charge < -0.3 is 15.5 Å². The van der Waals surface area contributed by atoms with Crippen molar-refractivity contribution in [1.82, 2.24) is 29.8 Å². The highest BCUT2D eigenvalue weighted by Crippen LogP contribution is 2.39. The topological polar surface area (TPSA) is 118 Å². The number of pyridine rings is 1. The van der Waals surface area contributed by atoms with E-state index in [0.717, 1.165) is 32.5 Å². The van der Waals surface area contributed by atoms with Gasteiger partial charge >= 0.3 is 0 Å². The molecule has 7 rings (SSSR count). The Hall–Kier alpha value is -4.55. The highest BCUT2D eigenvalue weighted by molar-refractivity contribution is 7.85. The Morgan fingerprint density at radius 3 is 2.70 bits per heavy atom. The number of rotatable bonds is 8. The van der Waals surface area contributed by atoms with E-state index in [-0.39, 0.29) is 35.8 Å². The van der Waals surface area contributed by atoms with Gasteiger partial charge in [-0.1, -0.05) is 18.2 Å². The summed E-state index contributed by atoms with van der Waals surface area (Å²) >= 11 is 0. The molecule has 1 saturated heterocycles. The van der Waals surface area contributed by atoms with E-state index in [4.69, 9.17) is 4.98 Å². The predicted octanol–water partition coefficient (Wildman–Crippen LogP) is 4.35. The molecule has 1 saturated carbocycles. The van der Waals surface area contributed by atoms with Gasteiger partial charge in [-0.3, -0.25) is 9.36 Å². The maximum Gasteiger partial charge on any atom is 0.256 e. The molecule has 12 heteroatoms. The molecule has 2 fully saturated rings.